The largest absolute Gasteiger partial charge is 0.465 e. The second kappa shape index (κ2) is 9.23. The summed E-state index contributed by atoms with van der Waals surface area (Å²) < 4.78 is 4.82. The zero-order valence-electron chi connectivity index (χ0n) is 17.3. The molecule has 1 unspecified atom stereocenters. The molecule has 4 rings (SSSR count). The van der Waals surface area contributed by atoms with Crippen LogP contribution in [0.2, 0.25) is 0 Å². The van der Waals surface area contributed by atoms with Crippen LogP contribution in [0.15, 0.2) is 77.7 Å². The second-order valence-corrected chi connectivity index (χ2v) is 8.51. The Morgan fingerprint density at radius 2 is 1.88 bits per heavy atom. The summed E-state index contributed by atoms with van der Waals surface area (Å²) in [6.45, 7) is 0.0997. The molecule has 0 aliphatic carbocycles. The Morgan fingerprint density at radius 1 is 1.12 bits per heavy atom. The summed E-state index contributed by atoms with van der Waals surface area (Å²) in [6, 6.07) is 21.1. The topological polar surface area (TPSA) is 89.8 Å². The highest BCUT2D eigenvalue weighted by Gasteiger charge is 2.30. The molecule has 7 nitrogen and oxygen atoms in total. The molecule has 162 valence electrons. The van der Waals surface area contributed by atoms with Crippen LogP contribution in [0.5, 0.6) is 0 Å². The average Bonchev–Trinajstić information content (AvgIpc) is 2.95. The Balaban J connectivity index is 1.71. The van der Waals surface area contributed by atoms with Crippen LogP contribution in [0, 0.1) is 10.1 Å². The van der Waals surface area contributed by atoms with Gasteiger partial charge in [-0.2, -0.15) is 0 Å². The van der Waals surface area contributed by atoms with Crippen LogP contribution in [-0.2, 0) is 16.1 Å². The third-order valence-electron chi connectivity index (χ3n) is 5.28. The minimum atomic E-state index is -0.435. The molecule has 0 spiro atoms. The molecule has 0 radical (unpaired) electrons. The first-order chi connectivity index (χ1) is 15.5. The molecule has 1 amide bonds. The highest BCUT2D eigenvalue weighted by atomic mass is 32.2. The van der Waals surface area contributed by atoms with Crippen molar-refractivity contribution in [1.82, 2.24) is 0 Å². The van der Waals surface area contributed by atoms with Gasteiger partial charge in [0.2, 0.25) is 5.91 Å². The average molecular weight is 449 g/mol. The van der Waals surface area contributed by atoms with E-state index in [4.69, 9.17) is 4.74 Å². The van der Waals surface area contributed by atoms with Gasteiger partial charge in [-0.15, -0.1) is 11.8 Å². The molecule has 3 aromatic carbocycles. The van der Waals surface area contributed by atoms with Gasteiger partial charge in [0, 0.05) is 28.2 Å². The van der Waals surface area contributed by atoms with Gasteiger partial charge < -0.3 is 9.64 Å². The molecule has 3 aromatic rings. The quantitative estimate of drug-likeness (QED) is 0.305. The van der Waals surface area contributed by atoms with Gasteiger partial charge in [0.15, 0.2) is 0 Å². The Kier molecular flexibility index (Phi) is 6.23. The summed E-state index contributed by atoms with van der Waals surface area (Å²) in [7, 11) is 1.33. The van der Waals surface area contributed by atoms with Gasteiger partial charge in [-0.25, -0.2) is 4.79 Å². The normalized spacial score (nSPS) is 15.6. The summed E-state index contributed by atoms with van der Waals surface area (Å²) in [4.78, 5) is 38.9. The standard InChI is InChI=1S/C24H20N2O5S/c1-31-24(28)17-9-6-8-16(13-17)22-14-23(27)25(20-11-4-5-12-21(20)32-22)15-18-7-2-3-10-19(18)26(29)30/h2-13,22H,14-15H2,1H3. The lowest BCUT2D eigenvalue weighted by atomic mass is 10.0. The number of rotatable bonds is 5. The number of nitro benzene ring substituents is 1. The number of nitro groups is 1. The molecule has 0 bridgehead atoms. The molecule has 1 aliphatic heterocycles. The van der Waals surface area contributed by atoms with E-state index in [-0.39, 0.29) is 29.8 Å². The first kappa shape index (κ1) is 21.6. The van der Waals surface area contributed by atoms with Crippen LogP contribution in [0.3, 0.4) is 0 Å². The maximum Gasteiger partial charge on any atom is 0.337 e. The van der Waals surface area contributed by atoms with E-state index in [2.05, 4.69) is 0 Å². The van der Waals surface area contributed by atoms with Crippen molar-refractivity contribution < 1.29 is 19.2 Å². The molecule has 0 fully saturated rings. The number of esters is 1. The third kappa shape index (κ3) is 4.36. The van der Waals surface area contributed by atoms with Crippen LogP contribution in [0.1, 0.15) is 33.2 Å². The molecule has 8 heteroatoms. The lowest BCUT2D eigenvalue weighted by Gasteiger charge is -2.22. The maximum atomic E-state index is 13.4. The van der Waals surface area contributed by atoms with Crippen LogP contribution in [0.25, 0.3) is 0 Å². The van der Waals surface area contributed by atoms with Crippen molar-refractivity contribution in [1.29, 1.82) is 0 Å². The number of anilines is 1. The number of benzene rings is 3. The van der Waals surface area contributed by atoms with Crippen LogP contribution in [0.4, 0.5) is 11.4 Å². The zero-order valence-corrected chi connectivity index (χ0v) is 18.1. The number of para-hydroxylation sites is 2. The summed E-state index contributed by atoms with van der Waals surface area (Å²) in [5.74, 6) is -0.579. The van der Waals surface area contributed by atoms with Gasteiger partial charge in [0.1, 0.15) is 0 Å². The smallest absolute Gasteiger partial charge is 0.337 e. The molecular weight excluding hydrogens is 428 g/mol. The molecule has 0 N–H and O–H groups in total. The molecule has 0 saturated carbocycles. The molecule has 0 saturated heterocycles. The zero-order chi connectivity index (χ0) is 22.7. The monoisotopic (exact) mass is 448 g/mol. The van der Waals surface area contributed by atoms with E-state index >= 15 is 0 Å². The van der Waals surface area contributed by atoms with Crippen LogP contribution < -0.4 is 4.90 Å². The molecule has 1 atom stereocenters. The van der Waals surface area contributed by atoms with Crippen molar-refractivity contribution in [2.45, 2.75) is 23.1 Å². The van der Waals surface area contributed by atoms with E-state index < -0.39 is 10.9 Å². The number of nitrogens with zero attached hydrogens (tertiary/aromatic N) is 2. The van der Waals surface area contributed by atoms with Crippen molar-refractivity contribution in [3.8, 4) is 0 Å². The second-order valence-electron chi connectivity index (χ2n) is 7.26. The van der Waals surface area contributed by atoms with E-state index in [0.717, 1.165) is 10.5 Å². The number of thioether (sulfide) groups is 1. The van der Waals surface area contributed by atoms with Crippen LogP contribution in [-0.4, -0.2) is 23.9 Å². The molecule has 1 heterocycles. The van der Waals surface area contributed by atoms with Gasteiger partial charge in [0.25, 0.3) is 5.69 Å². The summed E-state index contributed by atoms with van der Waals surface area (Å²) in [5, 5.41) is 11.2. The van der Waals surface area contributed by atoms with E-state index in [0.29, 0.717) is 16.8 Å². The number of carbonyl (C=O) groups excluding carboxylic acids is 2. The lowest BCUT2D eigenvalue weighted by molar-refractivity contribution is -0.385. The fraction of sp³-hybridized carbons (Fsp3) is 0.167. The SMILES string of the molecule is COC(=O)c1cccc(C2CC(=O)N(Cc3ccccc3[N+](=O)[O-])c3ccccc3S2)c1. The number of methoxy groups -OCH3 is 1. The van der Waals surface area contributed by atoms with Gasteiger partial charge in [-0.1, -0.05) is 42.5 Å². The van der Waals surface area contributed by atoms with Crippen LogP contribution >= 0.6 is 11.8 Å². The maximum absolute atomic E-state index is 13.4. The van der Waals surface area contributed by atoms with Gasteiger partial charge in [0.05, 0.1) is 29.8 Å². The number of amides is 1. The number of fused-ring (bicyclic) bond motifs is 1. The minimum Gasteiger partial charge on any atom is -0.465 e. The van der Waals surface area contributed by atoms with Gasteiger partial charge in [-0.3, -0.25) is 14.9 Å². The number of hydrogen-bond acceptors (Lipinski definition) is 6. The number of ether oxygens (including phenoxy) is 1. The summed E-state index contributed by atoms with van der Waals surface area (Å²) in [6.07, 6.45) is 0.185. The van der Waals surface area contributed by atoms with Crippen molar-refractivity contribution in [3.05, 3.63) is 99.6 Å². The first-order valence-electron chi connectivity index (χ1n) is 9.94. The molecule has 32 heavy (non-hydrogen) atoms. The van der Waals surface area contributed by atoms with Crippen molar-refractivity contribution >= 4 is 35.0 Å². The predicted molar refractivity (Wildman–Crippen MR) is 122 cm³/mol. The Hall–Kier alpha value is -3.65. The fourth-order valence-electron chi connectivity index (χ4n) is 3.71. The molecule has 0 aromatic heterocycles. The van der Waals surface area contributed by atoms with Crippen molar-refractivity contribution in [3.63, 3.8) is 0 Å². The lowest BCUT2D eigenvalue weighted by Crippen LogP contribution is -2.30. The molecular formula is C24H20N2O5S. The fourth-order valence-corrected chi connectivity index (χ4v) is 4.99. The number of carbonyl (C=O) groups is 2. The van der Waals surface area contributed by atoms with Gasteiger partial charge >= 0.3 is 5.97 Å². The van der Waals surface area contributed by atoms with E-state index in [9.17, 15) is 19.7 Å². The summed E-state index contributed by atoms with van der Waals surface area (Å²) >= 11 is 1.54. The molecule has 1 aliphatic rings. The highest BCUT2D eigenvalue weighted by molar-refractivity contribution is 7.99. The minimum absolute atomic E-state index is 0.0167. The van der Waals surface area contributed by atoms with Crippen molar-refractivity contribution in [2.24, 2.45) is 0 Å². The Morgan fingerprint density at radius 3 is 2.66 bits per heavy atom. The highest BCUT2D eigenvalue weighted by Crippen LogP contribution is 2.46. The predicted octanol–water partition coefficient (Wildman–Crippen LogP) is 5.15. The third-order valence-corrected chi connectivity index (χ3v) is 6.61. The van der Waals surface area contributed by atoms with E-state index in [1.807, 2.05) is 30.3 Å². The summed E-state index contributed by atoms with van der Waals surface area (Å²) in [5.41, 5.74) is 2.43. The van der Waals surface area contributed by atoms with Crippen molar-refractivity contribution in [2.75, 3.05) is 12.0 Å². The Bertz CT molecular complexity index is 1200. The first-order valence-corrected chi connectivity index (χ1v) is 10.8. The van der Waals surface area contributed by atoms with E-state index in [1.165, 1.54) is 24.9 Å². The Labute approximate surface area is 189 Å². The van der Waals surface area contributed by atoms with Gasteiger partial charge in [-0.05, 0) is 29.8 Å². The van der Waals surface area contributed by atoms with E-state index in [1.54, 1.807) is 41.3 Å². The number of hydrogen-bond donors (Lipinski definition) is 0.